The van der Waals surface area contributed by atoms with Crippen LogP contribution in [0.15, 0.2) is 30.6 Å². The van der Waals surface area contributed by atoms with Gasteiger partial charge in [-0.25, -0.2) is 4.98 Å². The summed E-state index contributed by atoms with van der Waals surface area (Å²) in [5.74, 6) is 0.0810. The van der Waals surface area contributed by atoms with Gasteiger partial charge in [0.15, 0.2) is 0 Å². The van der Waals surface area contributed by atoms with Crippen LogP contribution in [0.1, 0.15) is 26.0 Å². The minimum atomic E-state index is 0.0810. The third kappa shape index (κ3) is 4.06. The van der Waals surface area contributed by atoms with E-state index in [1.807, 2.05) is 48.8 Å². The van der Waals surface area contributed by atoms with E-state index in [1.54, 1.807) is 0 Å². The Morgan fingerprint density at radius 3 is 3.00 bits per heavy atom. The largest absolute Gasteiger partial charge is 0.354 e. The minimum Gasteiger partial charge on any atom is -0.354 e. The summed E-state index contributed by atoms with van der Waals surface area (Å²) in [4.78, 5) is 15.9. The molecule has 0 bridgehead atoms. The maximum absolute atomic E-state index is 11.4. The molecule has 0 radical (unpaired) electrons. The van der Waals surface area contributed by atoms with Crippen molar-refractivity contribution in [2.24, 2.45) is 0 Å². The topological polar surface area (TPSA) is 58.4 Å². The predicted molar refractivity (Wildman–Crippen MR) is 74.8 cm³/mol. The molecule has 5 nitrogen and oxygen atoms in total. The summed E-state index contributed by atoms with van der Waals surface area (Å²) >= 11 is 0. The number of pyridine rings is 1. The molecule has 19 heavy (non-hydrogen) atoms. The summed E-state index contributed by atoms with van der Waals surface area (Å²) in [6.45, 7) is 5.26. The van der Waals surface area contributed by atoms with Gasteiger partial charge in [0.2, 0.25) is 5.91 Å². The van der Waals surface area contributed by atoms with Crippen LogP contribution in [0.2, 0.25) is 0 Å². The number of hydrogen-bond acceptors (Lipinski definition) is 3. The molecule has 0 fully saturated rings. The van der Waals surface area contributed by atoms with Crippen molar-refractivity contribution in [3.05, 3.63) is 36.3 Å². The van der Waals surface area contributed by atoms with Crippen molar-refractivity contribution in [1.29, 1.82) is 0 Å². The molecular formula is C14H20N4O. The summed E-state index contributed by atoms with van der Waals surface area (Å²) in [5.41, 5.74) is 1.92. The first-order valence-electron chi connectivity index (χ1n) is 6.58. The number of aromatic nitrogens is 2. The first kappa shape index (κ1) is 13.5. The van der Waals surface area contributed by atoms with Gasteiger partial charge in [-0.2, -0.15) is 0 Å². The number of carbonyl (C=O) groups excluding carboxylic acids is 1. The van der Waals surface area contributed by atoms with Gasteiger partial charge in [-0.15, -0.1) is 0 Å². The Hall–Kier alpha value is -1.88. The number of imidazole rings is 1. The summed E-state index contributed by atoms with van der Waals surface area (Å²) in [6, 6.07) is 6.11. The Balaban J connectivity index is 1.75. The molecule has 0 aromatic carbocycles. The van der Waals surface area contributed by atoms with Crippen LogP contribution in [0.25, 0.3) is 5.65 Å². The number of nitrogens with zero attached hydrogens (tertiary/aromatic N) is 2. The lowest BCUT2D eigenvalue weighted by molar-refractivity contribution is -0.121. The summed E-state index contributed by atoms with van der Waals surface area (Å²) in [5, 5.41) is 6.09. The van der Waals surface area contributed by atoms with Gasteiger partial charge in [0.25, 0.3) is 0 Å². The van der Waals surface area contributed by atoms with Gasteiger partial charge in [-0.1, -0.05) is 6.07 Å². The van der Waals surface area contributed by atoms with E-state index in [1.165, 1.54) is 0 Å². The van der Waals surface area contributed by atoms with Gasteiger partial charge in [0.1, 0.15) is 5.65 Å². The number of fused-ring (bicyclic) bond motifs is 1. The van der Waals surface area contributed by atoms with Crippen molar-refractivity contribution >= 4 is 11.6 Å². The average molecular weight is 260 g/mol. The fourth-order valence-electron chi connectivity index (χ4n) is 1.88. The maximum Gasteiger partial charge on any atom is 0.221 e. The van der Waals surface area contributed by atoms with Crippen molar-refractivity contribution in [3.63, 3.8) is 0 Å². The first-order chi connectivity index (χ1) is 9.15. The highest BCUT2D eigenvalue weighted by atomic mass is 16.1. The van der Waals surface area contributed by atoms with E-state index >= 15 is 0 Å². The van der Waals surface area contributed by atoms with Crippen molar-refractivity contribution in [3.8, 4) is 0 Å². The zero-order chi connectivity index (χ0) is 13.7. The maximum atomic E-state index is 11.4. The van der Waals surface area contributed by atoms with E-state index in [0.717, 1.165) is 11.3 Å². The Bertz CT molecular complexity index is 514. The van der Waals surface area contributed by atoms with Crippen LogP contribution in [0.4, 0.5) is 0 Å². The summed E-state index contributed by atoms with van der Waals surface area (Å²) < 4.78 is 1.99. The smallest absolute Gasteiger partial charge is 0.221 e. The summed E-state index contributed by atoms with van der Waals surface area (Å²) in [7, 11) is 0. The molecule has 0 spiro atoms. The van der Waals surface area contributed by atoms with E-state index in [0.29, 0.717) is 19.5 Å². The number of amides is 1. The molecule has 2 heterocycles. The zero-order valence-corrected chi connectivity index (χ0v) is 11.4. The molecule has 0 aliphatic heterocycles. The van der Waals surface area contributed by atoms with Gasteiger partial charge in [0.05, 0.1) is 5.69 Å². The average Bonchev–Trinajstić information content (AvgIpc) is 2.76. The molecule has 0 aliphatic rings. The standard InChI is InChI=1S/C14H20N4O/c1-11(2)16-14(19)6-7-15-9-12-10-18-8-4-3-5-13(18)17-12/h3-5,8,10-11,15H,6-7,9H2,1-2H3,(H,16,19). The second-order valence-corrected chi connectivity index (χ2v) is 4.85. The number of rotatable bonds is 6. The SMILES string of the molecule is CC(C)NC(=O)CCNCc1cn2ccccc2n1. The molecule has 0 saturated heterocycles. The molecule has 0 saturated carbocycles. The molecule has 5 heteroatoms. The van der Waals surface area contributed by atoms with Gasteiger partial charge in [-0.05, 0) is 26.0 Å². The van der Waals surface area contributed by atoms with Crippen LogP contribution in [-0.2, 0) is 11.3 Å². The quantitative estimate of drug-likeness (QED) is 0.771. The molecule has 2 aromatic heterocycles. The molecular weight excluding hydrogens is 240 g/mol. The lowest BCUT2D eigenvalue weighted by Gasteiger charge is -2.08. The third-order valence-electron chi connectivity index (χ3n) is 2.70. The molecule has 0 aliphatic carbocycles. The monoisotopic (exact) mass is 260 g/mol. The fraction of sp³-hybridized carbons (Fsp3) is 0.429. The number of carbonyl (C=O) groups is 1. The molecule has 0 unspecified atom stereocenters. The first-order valence-corrected chi connectivity index (χ1v) is 6.58. The Morgan fingerprint density at radius 2 is 2.26 bits per heavy atom. The molecule has 0 atom stereocenters. The lowest BCUT2D eigenvalue weighted by atomic mass is 10.3. The highest BCUT2D eigenvalue weighted by molar-refractivity contribution is 5.76. The predicted octanol–water partition coefficient (Wildman–Crippen LogP) is 1.34. The minimum absolute atomic E-state index is 0.0810. The van der Waals surface area contributed by atoms with E-state index in [9.17, 15) is 4.79 Å². The molecule has 2 N–H and O–H groups in total. The van der Waals surface area contributed by atoms with Crippen molar-refractivity contribution < 1.29 is 4.79 Å². The van der Waals surface area contributed by atoms with Crippen LogP contribution in [-0.4, -0.2) is 27.9 Å². The molecule has 2 rings (SSSR count). The third-order valence-corrected chi connectivity index (χ3v) is 2.70. The van der Waals surface area contributed by atoms with Gasteiger partial charge in [-0.3, -0.25) is 4.79 Å². The number of hydrogen-bond donors (Lipinski definition) is 2. The van der Waals surface area contributed by atoms with E-state index in [-0.39, 0.29) is 11.9 Å². The van der Waals surface area contributed by atoms with E-state index in [4.69, 9.17) is 0 Å². The van der Waals surface area contributed by atoms with Crippen LogP contribution in [0, 0.1) is 0 Å². The van der Waals surface area contributed by atoms with Crippen LogP contribution in [0.3, 0.4) is 0 Å². The highest BCUT2D eigenvalue weighted by Gasteiger charge is 2.03. The molecule has 102 valence electrons. The van der Waals surface area contributed by atoms with E-state index in [2.05, 4.69) is 15.6 Å². The summed E-state index contributed by atoms with van der Waals surface area (Å²) in [6.07, 6.45) is 4.46. The second-order valence-electron chi connectivity index (χ2n) is 4.85. The molecule has 1 amide bonds. The Morgan fingerprint density at radius 1 is 1.42 bits per heavy atom. The van der Waals surface area contributed by atoms with Crippen LogP contribution < -0.4 is 10.6 Å². The number of nitrogens with one attached hydrogen (secondary N) is 2. The van der Waals surface area contributed by atoms with E-state index < -0.39 is 0 Å². The lowest BCUT2D eigenvalue weighted by Crippen LogP contribution is -2.32. The van der Waals surface area contributed by atoms with Crippen molar-refractivity contribution in [2.75, 3.05) is 6.54 Å². The van der Waals surface area contributed by atoms with Crippen molar-refractivity contribution in [1.82, 2.24) is 20.0 Å². The van der Waals surface area contributed by atoms with Gasteiger partial charge < -0.3 is 15.0 Å². The van der Waals surface area contributed by atoms with Crippen molar-refractivity contribution in [2.45, 2.75) is 32.9 Å². The van der Waals surface area contributed by atoms with Crippen LogP contribution >= 0.6 is 0 Å². The van der Waals surface area contributed by atoms with Gasteiger partial charge >= 0.3 is 0 Å². The second kappa shape index (κ2) is 6.33. The van der Waals surface area contributed by atoms with Crippen LogP contribution in [0.5, 0.6) is 0 Å². The Kier molecular flexibility index (Phi) is 4.52. The Labute approximate surface area is 113 Å². The van der Waals surface area contributed by atoms with Gasteiger partial charge in [0, 0.05) is 37.9 Å². The normalized spacial score (nSPS) is 11.1. The highest BCUT2D eigenvalue weighted by Crippen LogP contribution is 2.03. The fourth-order valence-corrected chi connectivity index (χ4v) is 1.88. The molecule has 2 aromatic rings. The zero-order valence-electron chi connectivity index (χ0n) is 11.4.